The van der Waals surface area contributed by atoms with Crippen molar-refractivity contribution >= 4 is 31.6 Å². The zero-order chi connectivity index (χ0) is 60.7. The topological polar surface area (TPSA) is 173 Å². The summed E-state index contributed by atoms with van der Waals surface area (Å²) < 4.78 is 269. The molecular weight excluding hydrogens is 1170 g/mol. The fourth-order valence-electron chi connectivity index (χ4n) is 9.13. The summed E-state index contributed by atoms with van der Waals surface area (Å²) in [4.78, 5) is 42.3. The number of halogens is 16. The van der Waals surface area contributed by atoms with E-state index in [1.165, 1.54) is 13.8 Å². The molecule has 13 nitrogen and oxygen atoms in total. The van der Waals surface area contributed by atoms with Gasteiger partial charge in [0, 0.05) is 49.8 Å². The quantitative estimate of drug-likeness (QED) is 0.0950. The van der Waals surface area contributed by atoms with Crippen LogP contribution in [0.1, 0.15) is 73.3 Å². The Hall–Kier alpha value is -6.99. The van der Waals surface area contributed by atoms with Gasteiger partial charge in [0.15, 0.2) is 17.3 Å². The van der Waals surface area contributed by atoms with E-state index in [2.05, 4.69) is 24.9 Å². The molecule has 3 aromatic carbocycles. The van der Waals surface area contributed by atoms with Crippen LogP contribution in [-0.4, -0.2) is 98.4 Å². The molecule has 0 amide bonds. The first-order valence-corrected chi connectivity index (χ1v) is 26.8. The molecule has 2 aliphatic heterocycles. The fraction of sp³-hybridized carbons (Fsp3) is 0.353. The van der Waals surface area contributed by atoms with Gasteiger partial charge in [0.05, 0.1) is 63.2 Å². The second-order valence-electron chi connectivity index (χ2n) is 18.7. The van der Waals surface area contributed by atoms with Gasteiger partial charge in [-0.05, 0) is 104 Å². The Morgan fingerprint density at radius 3 is 1.34 bits per heavy atom. The Morgan fingerprint density at radius 1 is 0.500 bits per heavy atom. The summed E-state index contributed by atoms with van der Waals surface area (Å²) in [6.07, 6.45) is -23.2. The zero-order valence-corrected chi connectivity index (χ0v) is 43.6. The number of Topliss-reactive ketones (excluding diaryl/α,β-unsaturated/α-hetero) is 2. The monoisotopic (exact) mass is 1220 g/mol. The molecular formula is C51H41F16N7O6S2. The van der Waals surface area contributed by atoms with Gasteiger partial charge in [0.1, 0.15) is 29.7 Å². The summed E-state index contributed by atoms with van der Waals surface area (Å²) in [6.45, 7) is 2.48. The minimum Gasteiger partial charge on any atom is -0.298 e. The molecule has 0 saturated carbocycles. The smallest absolute Gasteiger partial charge is 0.298 e. The maximum Gasteiger partial charge on any atom is 0.451 e. The number of pyridine rings is 1. The number of ketones is 2. The summed E-state index contributed by atoms with van der Waals surface area (Å²) in [5.74, 6) is -4.58. The van der Waals surface area contributed by atoms with Crippen LogP contribution in [0, 0.1) is 11.6 Å². The molecule has 440 valence electrons. The summed E-state index contributed by atoms with van der Waals surface area (Å²) in [5.41, 5.74) is -4.99. The molecule has 6 aromatic rings. The van der Waals surface area contributed by atoms with Crippen LogP contribution in [0.4, 0.5) is 70.2 Å². The molecule has 2 fully saturated rings. The molecule has 8 rings (SSSR count). The molecule has 2 saturated heterocycles. The maximum atomic E-state index is 14.7. The summed E-state index contributed by atoms with van der Waals surface area (Å²) >= 11 is 0. The normalized spacial score (nSPS) is 20.4. The third-order valence-corrected chi connectivity index (χ3v) is 17.3. The van der Waals surface area contributed by atoms with Crippen LogP contribution in [0.2, 0.25) is 0 Å². The Kier molecular flexibility index (Phi) is 18.1. The molecule has 5 heterocycles. The standard InChI is InChI=1S/C26H21F8N3O3S.C25H20F8N4O3S/c1-14-21(28)11-22(37(14)41(39,40)19-6-4-18(27)5-7-19)23(38)9-3-16-10-15(2-8-20(16)25(29,30)31)17-12-35-24(36-13-17)26(32,33)34;1-13-18(27)9-21(37(13)41(39,40)16-5-3-15(26)4-6-16)22(38)7-2-14-8-19(34-10-17(14)24(28,29)30)20-11-36-23(12-35-20)25(31,32)33/h2,4-8,10,12-14,21-22H,3,9,11H2,1H3;3-6,8,10-13,18,21H,2,7,9H2,1H3/t14-,21+,22-;13-,18+,21-/m00/s1. The van der Waals surface area contributed by atoms with Gasteiger partial charge in [-0.15, -0.1) is 0 Å². The minimum atomic E-state index is -4.92. The third-order valence-electron chi connectivity index (χ3n) is 13.3. The predicted molar refractivity (Wildman–Crippen MR) is 256 cm³/mol. The second kappa shape index (κ2) is 23.7. The lowest BCUT2D eigenvalue weighted by molar-refractivity contribution is -0.145. The molecule has 6 atom stereocenters. The van der Waals surface area contributed by atoms with Gasteiger partial charge in [-0.1, -0.05) is 12.1 Å². The van der Waals surface area contributed by atoms with Crippen molar-refractivity contribution in [3.8, 4) is 22.5 Å². The molecule has 0 bridgehead atoms. The highest BCUT2D eigenvalue weighted by Crippen LogP contribution is 2.40. The molecule has 0 radical (unpaired) electrons. The number of rotatable bonds is 14. The SMILES string of the molecule is C[C@H]1[C@H](F)C[C@@H](C(=O)CCc2cc(-c3cnc(C(F)(F)F)cn3)ncc2C(F)(F)F)N1S(=O)(=O)c1ccc(F)cc1.C[C@H]1[C@H](F)C[C@@H](C(=O)CCc2cc(-c3cnc(C(F)(F)F)nc3)ccc2C(F)(F)F)N1S(=O)(=O)c1ccc(F)cc1. The molecule has 3 aromatic heterocycles. The zero-order valence-electron chi connectivity index (χ0n) is 42.0. The lowest BCUT2D eigenvalue weighted by atomic mass is 9.95. The Labute approximate surface area is 455 Å². The number of hydrogen-bond donors (Lipinski definition) is 0. The van der Waals surface area contributed by atoms with Crippen molar-refractivity contribution < 1.29 is 96.7 Å². The Balaban J connectivity index is 0.000000236. The van der Waals surface area contributed by atoms with E-state index in [4.69, 9.17) is 0 Å². The number of carbonyl (C=O) groups is 2. The van der Waals surface area contributed by atoms with Gasteiger partial charge in [-0.2, -0.15) is 61.3 Å². The van der Waals surface area contributed by atoms with Crippen molar-refractivity contribution in [3.05, 3.63) is 149 Å². The first-order chi connectivity index (χ1) is 38.0. The number of nitrogens with zero attached hydrogens (tertiary/aromatic N) is 7. The lowest BCUT2D eigenvalue weighted by Gasteiger charge is -2.27. The van der Waals surface area contributed by atoms with E-state index in [0.29, 0.717) is 33.3 Å². The van der Waals surface area contributed by atoms with Gasteiger partial charge in [-0.25, -0.2) is 49.3 Å². The number of hydrogen-bond acceptors (Lipinski definition) is 11. The summed E-state index contributed by atoms with van der Waals surface area (Å²) in [5, 5.41) is 0. The summed E-state index contributed by atoms with van der Waals surface area (Å²) in [6, 6.07) is 5.35. The van der Waals surface area contributed by atoms with E-state index in [1.54, 1.807) is 0 Å². The molecule has 0 aliphatic carbocycles. The number of sulfonamides is 2. The molecule has 2 aliphatic rings. The first-order valence-electron chi connectivity index (χ1n) is 24.0. The summed E-state index contributed by atoms with van der Waals surface area (Å²) in [7, 11) is -8.95. The van der Waals surface area contributed by atoms with E-state index in [-0.39, 0.29) is 33.0 Å². The number of alkyl halides is 14. The molecule has 0 unspecified atom stereocenters. The van der Waals surface area contributed by atoms with Crippen LogP contribution >= 0.6 is 0 Å². The van der Waals surface area contributed by atoms with E-state index < -0.39 is 176 Å². The van der Waals surface area contributed by atoms with Gasteiger partial charge < -0.3 is 0 Å². The van der Waals surface area contributed by atoms with Crippen LogP contribution in [0.5, 0.6) is 0 Å². The van der Waals surface area contributed by atoms with Crippen molar-refractivity contribution in [2.45, 2.75) is 123 Å². The van der Waals surface area contributed by atoms with Gasteiger partial charge in [-0.3, -0.25) is 19.6 Å². The largest absolute Gasteiger partial charge is 0.451 e. The van der Waals surface area contributed by atoms with Crippen molar-refractivity contribution in [3.63, 3.8) is 0 Å². The van der Waals surface area contributed by atoms with Crippen LogP contribution in [0.25, 0.3) is 22.5 Å². The Bertz CT molecular complexity index is 3290. The third kappa shape index (κ3) is 13.9. The molecule has 0 spiro atoms. The number of aromatic nitrogens is 5. The average molecular weight is 1220 g/mol. The Morgan fingerprint density at radius 2 is 0.939 bits per heavy atom. The number of aryl methyl sites for hydroxylation is 2. The maximum absolute atomic E-state index is 14.7. The fourth-order valence-corrected chi connectivity index (χ4v) is 12.8. The van der Waals surface area contributed by atoms with Gasteiger partial charge in [0.25, 0.3) is 0 Å². The predicted octanol–water partition coefficient (Wildman–Crippen LogP) is 11.4. The molecule has 82 heavy (non-hydrogen) atoms. The molecule has 31 heteroatoms. The second-order valence-corrected chi connectivity index (χ2v) is 22.4. The van der Waals surface area contributed by atoms with E-state index in [0.717, 1.165) is 79.1 Å². The van der Waals surface area contributed by atoms with Gasteiger partial charge >= 0.3 is 24.7 Å². The van der Waals surface area contributed by atoms with Crippen LogP contribution in [-0.2, 0) is 67.2 Å². The van der Waals surface area contributed by atoms with Crippen LogP contribution in [0.15, 0.2) is 114 Å². The van der Waals surface area contributed by atoms with Crippen LogP contribution in [0.3, 0.4) is 0 Å². The van der Waals surface area contributed by atoms with E-state index >= 15 is 0 Å². The highest BCUT2D eigenvalue weighted by molar-refractivity contribution is 7.89. The number of benzene rings is 3. The lowest BCUT2D eigenvalue weighted by Crippen LogP contribution is -2.44. The van der Waals surface area contributed by atoms with Crippen molar-refractivity contribution in [2.75, 3.05) is 0 Å². The highest BCUT2D eigenvalue weighted by Gasteiger charge is 2.50. The van der Waals surface area contributed by atoms with Crippen molar-refractivity contribution in [1.82, 2.24) is 33.5 Å². The first kappa shape index (κ1) is 62.6. The van der Waals surface area contributed by atoms with Gasteiger partial charge in [0.2, 0.25) is 25.9 Å². The average Bonchev–Trinajstić information content (AvgIpc) is 4.11. The minimum absolute atomic E-state index is 0.0132. The highest BCUT2D eigenvalue weighted by atomic mass is 32.2. The number of carbonyl (C=O) groups excluding carboxylic acids is 2. The van der Waals surface area contributed by atoms with Crippen LogP contribution < -0.4 is 0 Å². The van der Waals surface area contributed by atoms with E-state index in [1.807, 2.05) is 0 Å². The molecule has 0 N–H and O–H groups in total. The van der Waals surface area contributed by atoms with Crippen molar-refractivity contribution in [1.29, 1.82) is 0 Å². The van der Waals surface area contributed by atoms with Crippen molar-refractivity contribution in [2.24, 2.45) is 0 Å². The van der Waals surface area contributed by atoms with E-state index in [9.17, 15) is 96.7 Å².